The lowest BCUT2D eigenvalue weighted by Gasteiger charge is -2.11. The standard InChI is InChI=1S/C26H15F3N6O2S2/c27-15-2-1-3-16(9-15)39(37)34-20-5-4-19(28)22(23(20)29)24(36)18-11-32-25-17(18)8-14(10-31-25)21-12-33-26(38-21)35-7-6-30-13-35/h1-13,34H,(H,31,32). The number of hydrogen-bond acceptors (Lipinski definition) is 6. The number of aromatic nitrogens is 5. The molecule has 13 heteroatoms. The van der Waals surface area contributed by atoms with Crippen molar-refractivity contribution in [2.24, 2.45) is 0 Å². The van der Waals surface area contributed by atoms with Crippen molar-refractivity contribution >= 4 is 44.8 Å². The quantitative estimate of drug-likeness (QED) is 0.244. The Morgan fingerprint density at radius 2 is 1.95 bits per heavy atom. The summed E-state index contributed by atoms with van der Waals surface area (Å²) in [5.41, 5.74) is -0.203. The minimum Gasteiger partial charge on any atom is -0.345 e. The summed E-state index contributed by atoms with van der Waals surface area (Å²) in [5, 5.41) is 1.03. The van der Waals surface area contributed by atoms with E-state index in [9.17, 15) is 17.8 Å². The first-order chi connectivity index (χ1) is 18.9. The Kier molecular flexibility index (Phi) is 6.29. The fourth-order valence-electron chi connectivity index (χ4n) is 3.93. The Balaban J connectivity index is 1.34. The van der Waals surface area contributed by atoms with Crippen LogP contribution in [0.25, 0.3) is 26.6 Å². The van der Waals surface area contributed by atoms with Crippen LogP contribution in [-0.2, 0) is 11.0 Å². The summed E-state index contributed by atoms with van der Waals surface area (Å²) >= 11 is 1.37. The number of ketones is 1. The summed E-state index contributed by atoms with van der Waals surface area (Å²) in [7, 11) is -2.07. The molecule has 0 fully saturated rings. The highest BCUT2D eigenvalue weighted by Gasteiger charge is 2.25. The van der Waals surface area contributed by atoms with Crippen LogP contribution in [0.1, 0.15) is 15.9 Å². The van der Waals surface area contributed by atoms with Crippen molar-refractivity contribution in [3.8, 4) is 15.6 Å². The van der Waals surface area contributed by atoms with E-state index in [2.05, 4.69) is 24.7 Å². The molecule has 0 aliphatic rings. The van der Waals surface area contributed by atoms with Crippen LogP contribution in [0, 0.1) is 17.5 Å². The molecule has 0 amide bonds. The van der Waals surface area contributed by atoms with E-state index in [0.717, 1.165) is 23.1 Å². The molecule has 194 valence electrons. The molecular weight excluding hydrogens is 549 g/mol. The van der Waals surface area contributed by atoms with Crippen molar-refractivity contribution in [3.05, 3.63) is 108 Å². The highest BCUT2D eigenvalue weighted by molar-refractivity contribution is 7.86. The zero-order valence-electron chi connectivity index (χ0n) is 19.6. The van der Waals surface area contributed by atoms with Crippen LogP contribution in [0.5, 0.6) is 0 Å². The molecule has 2 aromatic carbocycles. The van der Waals surface area contributed by atoms with Gasteiger partial charge in [-0.3, -0.25) is 14.1 Å². The van der Waals surface area contributed by atoms with E-state index in [1.54, 1.807) is 41.7 Å². The average Bonchev–Trinajstić information content (AvgIpc) is 3.70. The van der Waals surface area contributed by atoms with Gasteiger partial charge in [0.15, 0.2) is 10.9 Å². The molecule has 0 saturated heterocycles. The third kappa shape index (κ3) is 4.62. The summed E-state index contributed by atoms with van der Waals surface area (Å²) in [6.07, 6.45) is 9.60. The van der Waals surface area contributed by atoms with Crippen LogP contribution in [0.15, 0.2) is 84.7 Å². The molecule has 8 nitrogen and oxygen atoms in total. The maximum absolute atomic E-state index is 15.4. The number of benzene rings is 2. The predicted molar refractivity (Wildman–Crippen MR) is 141 cm³/mol. The number of nitrogens with one attached hydrogen (secondary N) is 2. The molecule has 0 aliphatic heterocycles. The lowest BCUT2D eigenvalue weighted by atomic mass is 10.0. The smallest absolute Gasteiger partial charge is 0.201 e. The number of fused-ring (bicyclic) bond motifs is 1. The van der Waals surface area contributed by atoms with Crippen molar-refractivity contribution in [1.29, 1.82) is 0 Å². The minimum absolute atomic E-state index is 0.0000914. The van der Waals surface area contributed by atoms with Crippen LogP contribution in [0.3, 0.4) is 0 Å². The second-order valence-electron chi connectivity index (χ2n) is 8.24. The van der Waals surface area contributed by atoms with Crippen molar-refractivity contribution in [2.75, 3.05) is 4.72 Å². The Bertz CT molecular complexity index is 1880. The molecule has 4 aromatic heterocycles. The number of imidazole rings is 1. The second kappa shape index (κ2) is 9.93. The summed E-state index contributed by atoms with van der Waals surface area (Å²) in [5.74, 6) is -3.87. The maximum Gasteiger partial charge on any atom is 0.201 e. The van der Waals surface area contributed by atoms with Gasteiger partial charge in [0, 0.05) is 47.5 Å². The topological polar surface area (TPSA) is 106 Å². The Hall–Kier alpha value is -4.62. The molecular formula is C26H15F3N6O2S2. The number of pyridine rings is 1. The summed E-state index contributed by atoms with van der Waals surface area (Å²) in [4.78, 5) is 29.8. The number of carbonyl (C=O) groups is 1. The normalized spacial score (nSPS) is 12.1. The van der Waals surface area contributed by atoms with Gasteiger partial charge in [0.25, 0.3) is 0 Å². The van der Waals surface area contributed by atoms with Crippen molar-refractivity contribution in [3.63, 3.8) is 0 Å². The first-order valence-electron chi connectivity index (χ1n) is 11.3. The van der Waals surface area contributed by atoms with Gasteiger partial charge in [-0.25, -0.2) is 32.3 Å². The Morgan fingerprint density at radius 3 is 2.74 bits per heavy atom. The molecule has 0 radical (unpaired) electrons. The molecule has 0 bridgehead atoms. The predicted octanol–water partition coefficient (Wildman–Crippen LogP) is 5.66. The Labute approximate surface area is 224 Å². The van der Waals surface area contributed by atoms with Gasteiger partial charge in [0.2, 0.25) is 5.78 Å². The molecule has 6 rings (SSSR count). The zero-order valence-corrected chi connectivity index (χ0v) is 21.2. The van der Waals surface area contributed by atoms with Crippen LogP contribution in [0.4, 0.5) is 18.9 Å². The molecule has 1 atom stereocenters. The first kappa shape index (κ1) is 24.7. The van der Waals surface area contributed by atoms with Gasteiger partial charge in [-0.05, 0) is 36.4 Å². The van der Waals surface area contributed by atoms with Gasteiger partial charge in [-0.1, -0.05) is 17.4 Å². The number of carbonyl (C=O) groups excluding carboxylic acids is 1. The number of hydrogen-bond donors (Lipinski definition) is 2. The van der Waals surface area contributed by atoms with Crippen molar-refractivity contribution in [2.45, 2.75) is 4.90 Å². The summed E-state index contributed by atoms with van der Waals surface area (Å²) in [6.45, 7) is 0. The lowest BCUT2D eigenvalue weighted by molar-refractivity contribution is 0.103. The van der Waals surface area contributed by atoms with Gasteiger partial charge < -0.3 is 4.98 Å². The maximum atomic E-state index is 15.4. The van der Waals surface area contributed by atoms with E-state index in [-0.39, 0.29) is 16.1 Å². The van der Waals surface area contributed by atoms with E-state index in [0.29, 0.717) is 21.7 Å². The van der Waals surface area contributed by atoms with Gasteiger partial charge in [0.05, 0.1) is 21.0 Å². The van der Waals surface area contributed by atoms with E-state index >= 15 is 4.39 Å². The molecule has 0 saturated carbocycles. The highest BCUT2D eigenvalue weighted by atomic mass is 32.2. The summed E-state index contributed by atoms with van der Waals surface area (Å²) < 4.78 is 60.5. The molecule has 0 aliphatic carbocycles. The largest absolute Gasteiger partial charge is 0.345 e. The third-order valence-electron chi connectivity index (χ3n) is 5.81. The number of H-pyrrole nitrogens is 1. The van der Waals surface area contributed by atoms with Crippen molar-refractivity contribution < 1.29 is 22.2 Å². The lowest BCUT2D eigenvalue weighted by Crippen LogP contribution is -2.12. The third-order valence-corrected chi connectivity index (χ3v) is 7.96. The van der Waals surface area contributed by atoms with E-state index in [1.165, 1.54) is 35.7 Å². The van der Waals surface area contributed by atoms with Crippen molar-refractivity contribution in [1.82, 2.24) is 24.5 Å². The molecule has 4 heterocycles. The second-order valence-corrected chi connectivity index (χ2v) is 10.5. The van der Waals surface area contributed by atoms with E-state index < -0.39 is 39.8 Å². The van der Waals surface area contributed by atoms with Crippen LogP contribution < -0.4 is 4.72 Å². The first-order valence-corrected chi connectivity index (χ1v) is 13.2. The monoisotopic (exact) mass is 564 g/mol. The SMILES string of the molecule is O=C(c1c(F)ccc(NS(=O)c2cccc(F)c2)c1F)c1c[nH]c2ncc(-c3cnc(-n4ccnc4)s3)cc12. The molecule has 6 aromatic rings. The van der Waals surface area contributed by atoms with Gasteiger partial charge in [0.1, 0.15) is 34.6 Å². The summed E-state index contributed by atoms with van der Waals surface area (Å²) in [6, 6.07) is 8.54. The van der Waals surface area contributed by atoms with E-state index in [4.69, 9.17) is 0 Å². The minimum atomic E-state index is -2.07. The number of nitrogens with zero attached hydrogens (tertiary/aromatic N) is 4. The van der Waals surface area contributed by atoms with Crippen LogP contribution >= 0.6 is 11.3 Å². The number of rotatable bonds is 7. The van der Waals surface area contributed by atoms with Crippen LogP contribution in [-0.4, -0.2) is 34.5 Å². The van der Waals surface area contributed by atoms with E-state index in [1.807, 2.05) is 0 Å². The molecule has 2 N–H and O–H groups in total. The highest BCUT2D eigenvalue weighted by Crippen LogP contribution is 2.32. The fraction of sp³-hybridized carbons (Fsp3) is 0. The fourth-order valence-corrected chi connectivity index (χ4v) is 5.68. The Morgan fingerprint density at radius 1 is 1.08 bits per heavy atom. The molecule has 0 spiro atoms. The van der Waals surface area contributed by atoms with Crippen LogP contribution in [0.2, 0.25) is 0 Å². The average molecular weight is 565 g/mol. The number of halogens is 3. The number of thiazole rings is 1. The van der Waals surface area contributed by atoms with Gasteiger partial charge >= 0.3 is 0 Å². The zero-order chi connectivity index (χ0) is 27.1. The molecule has 1 unspecified atom stereocenters. The molecule has 39 heavy (non-hydrogen) atoms. The number of anilines is 1. The number of aromatic amines is 1. The van der Waals surface area contributed by atoms with Gasteiger partial charge in [-0.15, -0.1) is 0 Å². The van der Waals surface area contributed by atoms with Gasteiger partial charge in [-0.2, -0.15) is 0 Å².